The number of hydrogen-bond donors (Lipinski definition) is 2. The number of aromatic carboxylic acids is 1. The molecule has 0 bridgehead atoms. The van der Waals surface area contributed by atoms with Crippen LogP contribution in [0, 0.1) is 0 Å². The molecule has 20 heavy (non-hydrogen) atoms. The highest BCUT2D eigenvalue weighted by Gasteiger charge is 2.63. The van der Waals surface area contributed by atoms with E-state index in [0.717, 1.165) is 0 Å². The second-order valence-corrected chi connectivity index (χ2v) is 5.99. The van der Waals surface area contributed by atoms with Gasteiger partial charge in [-0.1, -0.05) is 0 Å². The van der Waals surface area contributed by atoms with Crippen LogP contribution in [0.25, 0.3) is 0 Å². The minimum absolute atomic E-state index is 0.00805. The summed E-state index contributed by atoms with van der Waals surface area (Å²) in [5.41, 5.74) is 4.27. The van der Waals surface area contributed by atoms with Crippen LogP contribution in [-0.2, 0) is 14.9 Å². The Hall–Kier alpha value is -1.95. The van der Waals surface area contributed by atoms with E-state index in [1.165, 1.54) is 18.3 Å². The van der Waals surface area contributed by atoms with E-state index in [2.05, 4.69) is 4.98 Å². The van der Waals surface area contributed by atoms with Gasteiger partial charge in [-0.05, 0) is 39.3 Å². The van der Waals surface area contributed by atoms with Crippen LogP contribution in [0.3, 0.4) is 0 Å². The van der Waals surface area contributed by atoms with Gasteiger partial charge >= 0.3 is 11.9 Å². The van der Waals surface area contributed by atoms with Crippen LogP contribution in [0.2, 0.25) is 0 Å². The lowest BCUT2D eigenvalue weighted by Crippen LogP contribution is -2.37. The summed E-state index contributed by atoms with van der Waals surface area (Å²) in [6.07, 6.45) is 1.80. The first-order chi connectivity index (χ1) is 9.18. The summed E-state index contributed by atoms with van der Waals surface area (Å²) < 4.78 is 5.37. The Morgan fingerprint density at radius 1 is 1.50 bits per heavy atom. The zero-order valence-electron chi connectivity index (χ0n) is 11.7. The predicted molar refractivity (Wildman–Crippen MR) is 71.3 cm³/mol. The zero-order valence-corrected chi connectivity index (χ0v) is 11.7. The average Bonchev–Trinajstić information content (AvgIpc) is 3.00. The van der Waals surface area contributed by atoms with Gasteiger partial charge in [-0.25, -0.2) is 4.79 Å². The first-order valence-electron chi connectivity index (χ1n) is 6.36. The van der Waals surface area contributed by atoms with E-state index in [1.807, 2.05) is 0 Å². The van der Waals surface area contributed by atoms with Gasteiger partial charge in [0.05, 0.1) is 11.3 Å². The smallest absolute Gasteiger partial charge is 0.337 e. The molecule has 2 rings (SSSR count). The topological polar surface area (TPSA) is 103 Å². The molecule has 1 heterocycles. The number of carbonyl (C=O) groups is 2. The molecular weight excluding hydrogens is 260 g/mol. The summed E-state index contributed by atoms with van der Waals surface area (Å²) >= 11 is 0. The number of pyridine rings is 1. The van der Waals surface area contributed by atoms with Gasteiger partial charge in [0.15, 0.2) is 0 Å². The van der Waals surface area contributed by atoms with E-state index in [0.29, 0.717) is 6.42 Å². The summed E-state index contributed by atoms with van der Waals surface area (Å²) in [7, 11) is 0. The van der Waals surface area contributed by atoms with Crippen molar-refractivity contribution in [3.63, 3.8) is 0 Å². The number of hydrogen-bond acceptors (Lipinski definition) is 5. The second-order valence-electron chi connectivity index (χ2n) is 5.99. The van der Waals surface area contributed by atoms with E-state index in [-0.39, 0.29) is 11.3 Å². The Morgan fingerprint density at radius 2 is 2.10 bits per heavy atom. The molecule has 0 aliphatic heterocycles. The molecule has 0 amide bonds. The molecule has 1 aromatic rings. The molecule has 0 aromatic carbocycles. The maximum atomic E-state index is 12.4. The van der Waals surface area contributed by atoms with Crippen LogP contribution in [0.4, 0.5) is 0 Å². The monoisotopic (exact) mass is 278 g/mol. The fraction of sp³-hybridized carbons (Fsp3) is 0.500. The average molecular weight is 278 g/mol. The highest BCUT2D eigenvalue weighted by molar-refractivity contribution is 5.95. The molecule has 0 radical (unpaired) electrons. The van der Waals surface area contributed by atoms with Crippen molar-refractivity contribution < 1.29 is 19.4 Å². The molecule has 6 heteroatoms. The quantitative estimate of drug-likeness (QED) is 0.802. The fourth-order valence-corrected chi connectivity index (χ4v) is 2.19. The van der Waals surface area contributed by atoms with Crippen molar-refractivity contribution in [3.05, 3.63) is 29.6 Å². The molecule has 1 aliphatic rings. The van der Waals surface area contributed by atoms with Gasteiger partial charge in [0, 0.05) is 12.2 Å². The van der Waals surface area contributed by atoms with Gasteiger partial charge in [-0.2, -0.15) is 0 Å². The van der Waals surface area contributed by atoms with Crippen LogP contribution in [0.1, 0.15) is 43.2 Å². The number of nitrogens with two attached hydrogens (primary N) is 1. The molecule has 6 nitrogen and oxygen atoms in total. The standard InChI is InChI=1S/C14H18N2O4/c1-13(2,3)20-12(19)14(7-9(14)15)10-8(11(17)18)5-4-6-16-10/h4-6,9H,7,15H2,1-3H3,(H,17,18). The Bertz CT molecular complexity index is 565. The first kappa shape index (κ1) is 14.5. The molecular formula is C14H18N2O4. The summed E-state index contributed by atoms with van der Waals surface area (Å²) in [6, 6.07) is 2.47. The van der Waals surface area contributed by atoms with E-state index in [4.69, 9.17) is 10.5 Å². The molecule has 1 aromatic heterocycles. The fourth-order valence-electron chi connectivity index (χ4n) is 2.19. The van der Waals surface area contributed by atoms with Crippen molar-refractivity contribution >= 4 is 11.9 Å². The Morgan fingerprint density at radius 3 is 2.55 bits per heavy atom. The number of aromatic nitrogens is 1. The van der Waals surface area contributed by atoms with E-state index in [9.17, 15) is 14.7 Å². The SMILES string of the molecule is CC(C)(C)OC(=O)C1(c2ncccc2C(=O)O)CC1N. The lowest BCUT2D eigenvalue weighted by Gasteiger charge is -2.24. The van der Waals surface area contributed by atoms with Crippen LogP contribution in [0.15, 0.2) is 18.3 Å². The van der Waals surface area contributed by atoms with E-state index < -0.39 is 29.0 Å². The van der Waals surface area contributed by atoms with Crippen molar-refractivity contribution in [2.75, 3.05) is 0 Å². The van der Waals surface area contributed by atoms with Gasteiger partial charge in [0.2, 0.25) is 0 Å². The summed E-state index contributed by atoms with van der Waals surface area (Å²) in [5.74, 6) is -1.64. The third-order valence-corrected chi connectivity index (χ3v) is 3.24. The van der Waals surface area contributed by atoms with Crippen molar-refractivity contribution in [1.29, 1.82) is 0 Å². The number of rotatable bonds is 3. The first-order valence-corrected chi connectivity index (χ1v) is 6.36. The van der Waals surface area contributed by atoms with Gasteiger partial charge in [0.1, 0.15) is 11.0 Å². The largest absolute Gasteiger partial charge is 0.478 e. The normalized spacial score (nSPS) is 25.1. The molecule has 2 unspecified atom stereocenters. The number of carboxylic acid groups (broad SMARTS) is 1. The highest BCUT2D eigenvalue weighted by Crippen LogP contribution is 2.49. The Balaban J connectivity index is 2.43. The molecule has 3 N–H and O–H groups in total. The van der Waals surface area contributed by atoms with Gasteiger partial charge in [-0.3, -0.25) is 9.78 Å². The molecule has 0 saturated heterocycles. The maximum Gasteiger partial charge on any atom is 0.337 e. The number of nitrogens with zero attached hydrogens (tertiary/aromatic N) is 1. The molecule has 1 fully saturated rings. The molecule has 1 aliphatic carbocycles. The van der Waals surface area contributed by atoms with Gasteiger partial charge < -0.3 is 15.6 Å². The van der Waals surface area contributed by atoms with Crippen molar-refractivity contribution in [1.82, 2.24) is 4.98 Å². The number of carbonyl (C=O) groups excluding carboxylic acids is 1. The van der Waals surface area contributed by atoms with E-state index in [1.54, 1.807) is 20.8 Å². The lowest BCUT2D eigenvalue weighted by atomic mass is 9.95. The lowest BCUT2D eigenvalue weighted by molar-refractivity contribution is -0.158. The summed E-state index contributed by atoms with van der Waals surface area (Å²) in [4.78, 5) is 27.7. The van der Waals surface area contributed by atoms with Crippen molar-refractivity contribution in [3.8, 4) is 0 Å². The Kier molecular flexibility index (Phi) is 3.29. The predicted octanol–water partition coefficient (Wildman–Crippen LogP) is 1.09. The van der Waals surface area contributed by atoms with Crippen LogP contribution in [-0.4, -0.2) is 33.7 Å². The number of ether oxygens (including phenoxy) is 1. The highest BCUT2D eigenvalue weighted by atomic mass is 16.6. The molecule has 1 saturated carbocycles. The zero-order chi connectivity index (χ0) is 15.1. The van der Waals surface area contributed by atoms with Gasteiger partial charge in [-0.15, -0.1) is 0 Å². The number of esters is 1. The Labute approximate surface area is 117 Å². The molecule has 2 atom stereocenters. The maximum absolute atomic E-state index is 12.4. The van der Waals surface area contributed by atoms with E-state index >= 15 is 0 Å². The van der Waals surface area contributed by atoms with Crippen LogP contribution >= 0.6 is 0 Å². The minimum Gasteiger partial charge on any atom is -0.478 e. The third kappa shape index (κ3) is 2.38. The van der Waals surface area contributed by atoms with Crippen molar-refractivity contribution in [2.24, 2.45) is 5.73 Å². The summed E-state index contributed by atoms with van der Waals surface area (Å²) in [5, 5.41) is 9.22. The minimum atomic E-state index is -1.14. The molecule has 0 spiro atoms. The summed E-state index contributed by atoms with van der Waals surface area (Å²) in [6.45, 7) is 5.26. The van der Waals surface area contributed by atoms with Crippen molar-refractivity contribution in [2.45, 2.75) is 44.2 Å². The van der Waals surface area contributed by atoms with Gasteiger partial charge in [0.25, 0.3) is 0 Å². The second kappa shape index (κ2) is 4.56. The number of carboxylic acids is 1. The third-order valence-electron chi connectivity index (χ3n) is 3.24. The van der Waals surface area contributed by atoms with Crippen LogP contribution in [0.5, 0.6) is 0 Å². The molecule has 108 valence electrons. The van der Waals surface area contributed by atoms with Crippen LogP contribution < -0.4 is 5.73 Å².